The topological polar surface area (TPSA) is 112 Å². The van der Waals surface area contributed by atoms with Crippen molar-refractivity contribution in [3.05, 3.63) is 47.5 Å². The number of carboxylic acids is 1. The predicted octanol–water partition coefficient (Wildman–Crippen LogP) is 3.45. The van der Waals surface area contributed by atoms with Gasteiger partial charge in [0.25, 0.3) is 0 Å². The summed E-state index contributed by atoms with van der Waals surface area (Å²) in [6, 6.07) is 10.9. The smallest absolute Gasteiger partial charge is 0.308 e. The zero-order valence-corrected chi connectivity index (χ0v) is 26.9. The molecule has 0 bridgehead atoms. The summed E-state index contributed by atoms with van der Waals surface area (Å²) >= 11 is 0. The van der Waals surface area contributed by atoms with Crippen LogP contribution in [0.3, 0.4) is 0 Å². The van der Waals surface area contributed by atoms with E-state index in [1.54, 1.807) is 12.0 Å². The van der Waals surface area contributed by atoms with Crippen LogP contribution in [0.4, 0.5) is 5.69 Å². The van der Waals surface area contributed by atoms with Crippen molar-refractivity contribution in [3.8, 4) is 17.2 Å². The lowest BCUT2D eigenvalue weighted by molar-refractivity contribution is -0.143. The molecule has 0 aliphatic carbocycles. The predicted molar refractivity (Wildman–Crippen MR) is 170 cm³/mol. The number of benzene rings is 2. The Bertz CT molecular complexity index is 1380. The maximum Gasteiger partial charge on any atom is 0.308 e. The third-order valence-corrected chi connectivity index (χ3v) is 9.22. The van der Waals surface area contributed by atoms with Crippen molar-refractivity contribution in [2.45, 2.75) is 51.0 Å². The maximum atomic E-state index is 13.9. The summed E-state index contributed by atoms with van der Waals surface area (Å²) < 4.78 is 16.8. The van der Waals surface area contributed by atoms with Crippen molar-refractivity contribution in [1.82, 2.24) is 14.7 Å². The summed E-state index contributed by atoms with van der Waals surface area (Å²) in [5.74, 6) is -0.651. The third kappa shape index (κ3) is 7.20. The number of hydrogen-bond acceptors (Lipinski definition) is 8. The number of nitrogens with zero attached hydrogens (tertiary/aromatic N) is 4. The van der Waals surface area contributed by atoms with E-state index in [9.17, 15) is 19.5 Å². The summed E-state index contributed by atoms with van der Waals surface area (Å²) in [4.78, 5) is 47.8. The van der Waals surface area contributed by atoms with Gasteiger partial charge in [-0.3, -0.25) is 19.3 Å². The number of anilines is 1. The number of carbonyl (C=O) groups is 3. The lowest BCUT2D eigenvalue weighted by Gasteiger charge is -2.31. The molecule has 3 aliphatic rings. The molecule has 1 saturated heterocycles. The summed E-state index contributed by atoms with van der Waals surface area (Å²) in [5, 5.41) is 10.7. The van der Waals surface area contributed by atoms with Crippen molar-refractivity contribution in [1.29, 1.82) is 0 Å². The molecule has 2 aromatic carbocycles. The Labute approximate surface area is 265 Å². The molecule has 0 radical (unpaired) electrons. The SMILES string of the molecule is CCCCN(CCCN(C)C)C(=O)CN1CC(c2cc(OC)c3c(c2)OCO3)C(C(=O)O)C1CCN1C(=O)Cc2ccccc21. The van der Waals surface area contributed by atoms with Crippen molar-refractivity contribution in [3.63, 3.8) is 0 Å². The molecule has 1 N–H and O–H groups in total. The molecule has 0 spiro atoms. The molecule has 5 rings (SSSR count). The van der Waals surface area contributed by atoms with Gasteiger partial charge in [0, 0.05) is 43.8 Å². The number of fused-ring (bicyclic) bond motifs is 2. The Hall–Kier alpha value is -3.83. The van der Waals surface area contributed by atoms with Crippen LogP contribution in [0, 0.1) is 5.92 Å². The standard InChI is InChI=1S/C34H46N4O7/c1-5-6-14-36(15-9-13-35(2)3)31(40)21-37-20-25(24-17-28(43-4)33-29(18-24)44-22-45-33)32(34(41)42)27(37)12-16-38-26-11-8-7-10-23(26)19-30(38)39/h7-8,10-11,17-18,25,27,32H,5-6,9,12-16,19-22H2,1-4H3,(H,41,42). The molecule has 0 aromatic heterocycles. The van der Waals surface area contributed by atoms with Crippen LogP contribution in [0.15, 0.2) is 36.4 Å². The summed E-state index contributed by atoms with van der Waals surface area (Å²) in [6.45, 7) is 5.24. The van der Waals surface area contributed by atoms with Crippen LogP contribution >= 0.6 is 0 Å². The first kappa shape index (κ1) is 32.6. The van der Waals surface area contributed by atoms with E-state index in [1.807, 2.05) is 60.3 Å². The largest absolute Gasteiger partial charge is 0.493 e. The number of hydrogen-bond donors (Lipinski definition) is 1. The van der Waals surface area contributed by atoms with Gasteiger partial charge in [0.1, 0.15) is 0 Å². The van der Waals surface area contributed by atoms with Crippen molar-refractivity contribution < 1.29 is 33.7 Å². The minimum Gasteiger partial charge on any atom is -0.493 e. The molecule has 3 aliphatic heterocycles. The van der Waals surface area contributed by atoms with Gasteiger partial charge in [-0.2, -0.15) is 0 Å². The quantitative estimate of drug-likeness (QED) is 0.319. The molecule has 11 heteroatoms. The van der Waals surface area contributed by atoms with E-state index in [-0.39, 0.29) is 25.2 Å². The van der Waals surface area contributed by atoms with Gasteiger partial charge in [0.05, 0.1) is 26.0 Å². The molecular formula is C34H46N4O7. The number of rotatable bonds is 15. The number of amides is 2. The van der Waals surface area contributed by atoms with Gasteiger partial charge in [-0.05, 0) is 69.2 Å². The number of aliphatic carboxylic acids is 1. The minimum atomic E-state index is -0.932. The maximum absolute atomic E-state index is 13.9. The zero-order chi connectivity index (χ0) is 32.1. The van der Waals surface area contributed by atoms with Crippen LogP contribution in [-0.2, 0) is 20.8 Å². The highest BCUT2D eigenvalue weighted by atomic mass is 16.7. The molecule has 11 nitrogen and oxygen atoms in total. The fraction of sp³-hybridized carbons (Fsp3) is 0.559. The summed E-state index contributed by atoms with van der Waals surface area (Å²) in [7, 11) is 5.59. The van der Waals surface area contributed by atoms with Crippen LogP contribution in [0.5, 0.6) is 17.2 Å². The molecule has 1 fully saturated rings. The van der Waals surface area contributed by atoms with Gasteiger partial charge >= 0.3 is 5.97 Å². The molecule has 45 heavy (non-hydrogen) atoms. The first-order valence-electron chi connectivity index (χ1n) is 16.0. The Balaban J connectivity index is 1.43. The van der Waals surface area contributed by atoms with E-state index < -0.39 is 23.8 Å². The third-order valence-electron chi connectivity index (χ3n) is 9.22. The van der Waals surface area contributed by atoms with Gasteiger partial charge in [0.2, 0.25) is 24.4 Å². The van der Waals surface area contributed by atoms with Crippen LogP contribution in [0.2, 0.25) is 0 Å². The Morgan fingerprint density at radius 1 is 1.09 bits per heavy atom. The molecule has 3 unspecified atom stereocenters. The minimum absolute atomic E-state index is 0.00265. The van der Waals surface area contributed by atoms with Crippen molar-refractivity contribution in [2.24, 2.45) is 5.92 Å². The van der Waals surface area contributed by atoms with E-state index in [2.05, 4.69) is 11.8 Å². The van der Waals surface area contributed by atoms with Gasteiger partial charge < -0.3 is 34.0 Å². The summed E-state index contributed by atoms with van der Waals surface area (Å²) in [5.41, 5.74) is 2.61. The number of carboxylic acid groups (broad SMARTS) is 1. The van der Waals surface area contributed by atoms with E-state index in [4.69, 9.17) is 14.2 Å². The van der Waals surface area contributed by atoms with Gasteiger partial charge in [-0.1, -0.05) is 31.5 Å². The fourth-order valence-corrected chi connectivity index (χ4v) is 6.94. The Morgan fingerprint density at radius 2 is 1.87 bits per heavy atom. The highest BCUT2D eigenvalue weighted by Gasteiger charge is 2.48. The molecule has 3 heterocycles. The number of methoxy groups -OCH3 is 1. The van der Waals surface area contributed by atoms with E-state index >= 15 is 0 Å². The molecule has 2 aromatic rings. The normalized spacial score (nSPS) is 20.6. The molecule has 2 amide bonds. The van der Waals surface area contributed by atoms with Crippen LogP contribution in [0.1, 0.15) is 49.7 Å². The van der Waals surface area contributed by atoms with Gasteiger partial charge in [-0.25, -0.2) is 0 Å². The zero-order valence-electron chi connectivity index (χ0n) is 26.9. The van der Waals surface area contributed by atoms with Crippen molar-refractivity contribution in [2.75, 3.05) is 72.2 Å². The van der Waals surface area contributed by atoms with Gasteiger partial charge in [-0.15, -0.1) is 0 Å². The monoisotopic (exact) mass is 622 g/mol. The second-order valence-electron chi connectivity index (χ2n) is 12.5. The number of likely N-dealkylation sites (tertiary alicyclic amines) is 1. The lowest BCUT2D eigenvalue weighted by Crippen LogP contribution is -2.46. The number of para-hydroxylation sites is 1. The van der Waals surface area contributed by atoms with Gasteiger partial charge in [0.15, 0.2) is 11.5 Å². The number of carbonyl (C=O) groups excluding carboxylic acids is 2. The first-order chi connectivity index (χ1) is 21.7. The molecule has 3 atom stereocenters. The average Bonchev–Trinajstić information content (AvgIpc) is 3.72. The van der Waals surface area contributed by atoms with Crippen LogP contribution in [-0.4, -0.2) is 111 Å². The second kappa shape index (κ2) is 14.5. The summed E-state index contributed by atoms with van der Waals surface area (Å²) in [6.07, 6.45) is 3.50. The highest BCUT2D eigenvalue weighted by molar-refractivity contribution is 6.01. The average molecular weight is 623 g/mol. The molecular weight excluding hydrogens is 576 g/mol. The number of ether oxygens (including phenoxy) is 3. The highest BCUT2D eigenvalue weighted by Crippen LogP contribution is 2.47. The van der Waals surface area contributed by atoms with E-state index in [0.717, 1.165) is 42.6 Å². The van der Waals surface area contributed by atoms with E-state index in [0.29, 0.717) is 56.3 Å². The van der Waals surface area contributed by atoms with E-state index in [1.165, 1.54) is 0 Å². The van der Waals surface area contributed by atoms with Crippen molar-refractivity contribution >= 4 is 23.5 Å². The Morgan fingerprint density at radius 3 is 2.60 bits per heavy atom. The lowest BCUT2D eigenvalue weighted by atomic mass is 9.84. The fourth-order valence-electron chi connectivity index (χ4n) is 6.94. The number of unbranched alkanes of at least 4 members (excludes halogenated alkanes) is 1. The Kier molecular flexibility index (Phi) is 10.5. The van der Waals surface area contributed by atoms with Crippen LogP contribution < -0.4 is 19.1 Å². The molecule has 0 saturated carbocycles. The molecule has 244 valence electrons. The first-order valence-corrected chi connectivity index (χ1v) is 16.0. The van der Waals surface area contributed by atoms with Crippen LogP contribution in [0.25, 0.3) is 0 Å². The second-order valence-corrected chi connectivity index (χ2v) is 12.5.